The van der Waals surface area contributed by atoms with Crippen LogP contribution in [0.5, 0.6) is 0 Å². The normalized spacial score (nSPS) is 14.4. The molecule has 2 nitrogen and oxygen atoms in total. The average molecular weight is 917 g/mol. The topological polar surface area (TPSA) is 6.48 Å². The highest BCUT2D eigenvalue weighted by Crippen LogP contribution is 2.64. The second-order valence-corrected chi connectivity index (χ2v) is 22.7. The summed E-state index contributed by atoms with van der Waals surface area (Å²) in [6.07, 6.45) is 0. The van der Waals surface area contributed by atoms with Gasteiger partial charge < -0.3 is 9.80 Å². The van der Waals surface area contributed by atoms with E-state index in [9.17, 15) is 0 Å². The van der Waals surface area contributed by atoms with E-state index < -0.39 is 5.41 Å². The summed E-state index contributed by atoms with van der Waals surface area (Å²) in [6, 6.07) is 72.7. The Morgan fingerprint density at radius 1 is 0.500 bits per heavy atom. The lowest BCUT2D eigenvalue weighted by Gasteiger charge is -2.43. The van der Waals surface area contributed by atoms with Gasteiger partial charge in [0.05, 0.1) is 11.1 Å². The molecule has 0 atom stereocenters. The van der Waals surface area contributed by atoms with Crippen molar-refractivity contribution < 1.29 is 0 Å². The Bertz CT molecular complexity index is 3770. The summed E-state index contributed by atoms with van der Waals surface area (Å²) in [5, 5.41) is 1.31. The molecule has 0 saturated carbocycles. The molecule has 4 heteroatoms. The van der Waals surface area contributed by atoms with Gasteiger partial charge >= 0.3 is 0 Å². The smallest absolute Gasteiger partial charge is 0.264 e. The lowest BCUT2D eigenvalue weighted by Crippen LogP contribution is -2.60. The van der Waals surface area contributed by atoms with Gasteiger partial charge in [0.2, 0.25) is 0 Å². The minimum absolute atomic E-state index is 0.0160. The summed E-state index contributed by atoms with van der Waals surface area (Å²) in [7, 11) is 0. The molecule has 0 radical (unpaired) electrons. The van der Waals surface area contributed by atoms with E-state index in [2.05, 4.69) is 246 Å². The van der Waals surface area contributed by atoms with Crippen molar-refractivity contribution in [2.45, 2.75) is 65.2 Å². The molecule has 3 heterocycles. The van der Waals surface area contributed by atoms with Gasteiger partial charge in [0.25, 0.3) is 6.71 Å². The van der Waals surface area contributed by atoms with Gasteiger partial charge in [-0.1, -0.05) is 174 Å². The first kappa shape index (κ1) is 41.6. The van der Waals surface area contributed by atoms with E-state index in [0.29, 0.717) is 5.92 Å². The highest BCUT2D eigenvalue weighted by atomic mass is 32.1. The number of benzene rings is 9. The standard InChI is InChI=1S/C66H53BN2S/c1-39(2)43-23-31-50-51-37-52-61(38-56(51)66(55(50)35-43)53-19-13-11-17-48(53)49-18-12-14-20-54(49)66)70-64-63(52)69(47-29-25-45(26-30-47)65(5,6)7)60-34-41(4)33-59-62(60)67(64)57-32-24-44(42-15-9-8-10-16-42)36-58(57)68(59)46-27-21-40(3)22-28-46/h8-39H,1-7H3. The van der Waals surface area contributed by atoms with E-state index in [4.69, 9.17) is 0 Å². The molecule has 0 amide bonds. The number of aryl methyl sites for hydroxylation is 2. The van der Waals surface area contributed by atoms with Crippen molar-refractivity contribution in [2.24, 2.45) is 0 Å². The molecule has 0 N–H and O–H groups in total. The van der Waals surface area contributed by atoms with Crippen LogP contribution in [0.25, 0.3) is 43.5 Å². The lowest BCUT2D eigenvalue weighted by atomic mass is 9.36. The first-order valence-corrected chi connectivity index (χ1v) is 25.9. The first-order valence-electron chi connectivity index (χ1n) is 25.1. The van der Waals surface area contributed by atoms with Crippen molar-refractivity contribution in [3.8, 4) is 33.4 Å². The molecular weight excluding hydrogens is 864 g/mol. The van der Waals surface area contributed by atoms with Gasteiger partial charge in [0.15, 0.2) is 0 Å². The van der Waals surface area contributed by atoms with Crippen LogP contribution in [0.3, 0.4) is 0 Å². The third-order valence-corrected chi connectivity index (χ3v) is 17.3. The zero-order valence-corrected chi connectivity index (χ0v) is 41.7. The molecule has 0 bridgehead atoms. The van der Waals surface area contributed by atoms with Crippen molar-refractivity contribution in [1.29, 1.82) is 0 Å². The van der Waals surface area contributed by atoms with Gasteiger partial charge in [-0.3, -0.25) is 0 Å². The molecular formula is C66H53BN2S. The third kappa shape index (κ3) is 5.69. The number of rotatable bonds is 4. The van der Waals surface area contributed by atoms with Gasteiger partial charge in [-0.25, -0.2) is 0 Å². The van der Waals surface area contributed by atoms with Gasteiger partial charge in [-0.05, 0) is 163 Å². The zero-order chi connectivity index (χ0) is 47.4. The maximum absolute atomic E-state index is 2.64. The van der Waals surface area contributed by atoms with E-state index in [1.54, 1.807) is 0 Å². The molecule has 14 rings (SSSR count). The van der Waals surface area contributed by atoms with Crippen molar-refractivity contribution in [1.82, 2.24) is 0 Å². The molecule has 9 aromatic carbocycles. The molecule has 2 aliphatic heterocycles. The summed E-state index contributed by atoms with van der Waals surface area (Å²) in [6.45, 7) is 16.1. The van der Waals surface area contributed by atoms with Crippen LogP contribution in [0.1, 0.15) is 85.0 Å². The van der Waals surface area contributed by atoms with E-state index in [1.165, 1.54) is 138 Å². The van der Waals surface area contributed by atoms with Crippen LogP contribution in [0, 0.1) is 13.8 Å². The molecule has 0 saturated heterocycles. The summed E-state index contributed by atoms with van der Waals surface area (Å²) in [4.78, 5) is 5.19. The first-order chi connectivity index (χ1) is 34.0. The second-order valence-electron chi connectivity index (χ2n) is 21.6. The predicted octanol–water partition coefficient (Wildman–Crippen LogP) is 16.0. The Balaban J connectivity index is 1.09. The van der Waals surface area contributed by atoms with Crippen molar-refractivity contribution in [3.63, 3.8) is 0 Å². The van der Waals surface area contributed by atoms with Crippen LogP contribution in [0.15, 0.2) is 188 Å². The lowest BCUT2D eigenvalue weighted by molar-refractivity contribution is 0.590. The Labute approximate surface area is 416 Å². The van der Waals surface area contributed by atoms with E-state index in [1.807, 2.05) is 11.3 Å². The predicted molar refractivity (Wildman–Crippen MR) is 300 cm³/mol. The summed E-state index contributed by atoms with van der Waals surface area (Å²) < 4.78 is 2.72. The zero-order valence-electron chi connectivity index (χ0n) is 40.9. The maximum Gasteiger partial charge on any atom is 0.264 e. The van der Waals surface area contributed by atoms with Crippen LogP contribution in [-0.2, 0) is 10.8 Å². The molecule has 10 aromatic rings. The van der Waals surface area contributed by atoms with Crippen LogP contribution >= 0.6 is 11.3 Å². The van der Waals surface area contributed by atoms with Crippen molar-refractivity contribution in [3.05, 3.63) is 233 Å². The minimum atomic E-state index is -0.434. The van der Waals surface area contributed by atoms with Crippen molar-refractivity contribution in [2.75, 3.05) is 9.80 Å². The summed E-state index contributed by atoms with van der Waals surface area (Å²) in [5.41, 5.74) is 28.3. The fraction of sp³-hybridized carbons (Fsp3) is 0.152. The number of thiophene rings is 1. The summed E-state index contributed by atoms with van der Waals surface area (Å²) in [5.74, 6) is 0.407. The largest absolute Gasteiger partial charge is 0.311 e. The summed E-state index contributed by atoms with van der Waals surface area (Å²) >= 11 is 2.01. The fourth-order valence-corrected chi connectivity index (χ4v) is 14.1. The van der Waals surface area contributed by atoms with Gasteiger partial charge in [-0.2, -0.15) is 0 Å². The Hall–Kier alpha value is -7.40. The van der Waals surface area contributed by atoms with Crippen LogP contribution in [0.2, 0.25) is 0 Å². The molecule has 4 aliphatic rings. The van der Waals surface area contributed by atoms with E-state index in [0.717, 1.165) is 0 Å². The molecule has 70 heavy (non-hydrogen) atoms. The third-order valence-electron chi connectivity index (χ3n) is 16.1. The molecule has 0 fully saturated rings. The Morgan fingerprint density at radius 3 is 1.80 bits per heavy atom. The maximum atomic E-state index is 2.64. The van der Waals surface area contributed by atoms with Crippen LogP contribution in [0.4, 0.5) is 34.1 Å². The van der Waals surface area contributed by atoms with Crippen LogP contribution in [-0.4, -0.2) is 6.71 Å². The van der Waals surface area contributed by atoms with Crippen molar-refractivity contribution >= 4 is 78.0 Å². The fourth-order valence-electron chi connectivity index (χ4n) is 12.8. The number of hydrogen-bond acceptors (Lipinski definition) is 3. The molecule has 1 spiro atoms. The molecule has 0 unspecified atom stereocenters. The average Bonchev–Trinajstić information content (AvgIpc) is 3.99. The Kier molecular flexibility index (Phi) is 8.79. The van der Waals surface area contributed by atoms with Gasteiger partial charge in [-0.15, -0.1) is 11.3 Å². The number of anilines is 6. The molecule has 1 aromatic heterocycles. The number of hydrogen-bond donors (Lipinski definition) is 0. The van der Waals surface area contributed by atoms with E-state index in [-0.39, 0.29) is 12.1 Å². The number of fused-ring (bicyclic) bond motifs is 16. The molecule has 2 aliphatic carbocycles. The highest BCUT2D eigenvalue weighted by Gasteiger charge is 2.53. The molecule has 336 valence electrons. The van der Waals surface area contributed by atoms with Crippen LogP contribution < -0.4 is 25.5 Å². The number of nitrogens with zero attached hydrogens (tertiary/aromatic N) is 2. The quantitative estimate of drug-likeness (QED) is 0.162. The van der Waals surface area contributed by atoms with E-state index >= 15 is 0 Å². The SMILES string of the molecule is Cc1ccc(N2c3cc(-c4ccccc4)ccc3B3c4sc5cc6c(cc5c4N(c4ccc(C(C)(C)C)cc4)c4cc(C)cc2c43)-c2ccc(C(C)C)cc2C62c3ccccc3-c3ccccc32)cc1. The Morgan fingerprint density at radius 2 is 1.11 bits per heavy atom. The monoisotopic (exact) mass is 916 g/mol. The van der Waals surface area contributed by atoms with Gasteiger partial charge in [0, 0.05) is 43.3 Å². The highest BCUT2D eigenvalue weighted by molar-refractivity contribution is 7.33. The van der Waals surface area contributed by atoms with Gasteiger partial charge in [0.1, 0.15) is 0 Å². The second kappa shape index (κ2) is 14.8. The minimum Gasteiger partial charge on any atom is -0.311 e.